The van der Waals surface area contributed by atoms with E-state index in [1.165, 1.54) is 0 Å². The van der Waals surface area contributed by atoms with Crippen molar-refractivity contribution in [2.45, 2.75) is 13.0 Å². The fraction of sp³-hybridized carbons (Fsp3) is 0.143. The lowest BCUT2D eigenvalue weighted by Crippen LogP contribution is -1.92. The Labute approximate surface area is 99.6 Å². The first-order valence-corrected chi connectivity index (χ1v) is 5.39. The zero-order chi connectivity index (χ0) is 12.3. The fourth-order valence-electron chi connectivity index (χ4n) is 1.76. The Bertz CT molecular complexity index is 521. The molecular weight excluding hydrogens is 216 g/mol. The van der Waals surface area contributed by atoms with Crippen molar-refractivity contribution < 1.29 is 15.3 Å². The fourth-order valence-corrected chi connectivity index (χ4v) is 1.76. The molecule has 3 N–H and O–H groups in total. The zero-order valence-electron chi connectivity index (χ0n) is 9.30. The molecule has 0 atom stereocenters. The zero-order valence-corrected chi connectivity index (χ0v) is 9.30. The van der Waals surface area contributed by atoms with Crippen molar-refractivity contribution in [3.05, 3.63) is 59.2 Å². The summed E-state index contributed by atoms with van der Waals surface area (Å²) in [4.78, 5) is 0. The van der Waals surface area contributed by atoms with Crippen molar-refractivity contribution in [1.82, 2.24) is 0 Å². The molecule has 3 heteroatoms. The Morgan fingerprint density at radius 1 is 0.824 bits per heavy atom. The molecule has 0 saturated carbocycles. The van der Waals surface area contributed by atoms with Crippen molar-refractivity contribution >= 4 is 0 Å². The van der Waals surface area contributed by atoms with Gasteiger partial charge < -0.3 is 15.3 Å². The lowest BCUT2D eigenvalue weighted by molar-refractivity contribution is 0.275. The summed E-state index contributed by atoms with van der Waals surface area (Å²) in [6, 6.07) is 12.2. The van der Waals surface area contributed by atoms with Gasteiger partial charge in [-0.3, -0.25) is 0 Å². The number of phenols is 2. The summed E-state index contributed by atoms with van der Waals surface area (Å²) in [6.07, 6.45) is 0.569. The number of hydrogen-bond acceptors (Lipinski definition) is 3. The van der Waals surface area contributed by atoms with Gasteiger partial charge in [0.15, 0.2) is 0 Å². The normalized spacial score (nSPS) is 10.4. The van der Waals surface area contributed by atoms with Crippen molar-refractivity contribution in [3.8, 4) is 11.5 Å². The molecule has 0 radical (unpaired) electrons. The smallest absolute Gasteiger partial charge is 0.121 e. The van der Waals surface area contributed by atoms with Crippen LogP contribution in [0.2, 0.25) is 0 Å². The molecule has 0 heterocycles. The third kappa shape index (κ3) is 2.57. The summed E-state index contributed by atoms with van der Waals surface area (Å²) in [7, 11) is 0. The van der Waals surface area contributed by atoms with Gasteiger partial charge in [0.1, 0.15) is 11.5 Å². The molecule has 88 valence electrons. The van der Waals surface area contributed by atoms with E-state index in [1.807, 2.05) is 12.1 Å². The molecule has 17 heavy (non-hydrogen) atoms. The van der Waals surface area contributed by atoms with Crippen LogP contribution >= 0.6 is 0 Å². The van der Waals surface area contributed by atoms with Gasteiger partial charge in [0.05, 0.1) is 6.61 Å². The number of aromatic hydroxyl groups is 2. The summed E-state index contributed by atoms with van der Waals surface area (Å²) in [5.74, 6) is 0.347. The molecule has 2 aromatic rings. The summed E-state index contributed by atoms with van der Waals surface area (Å²) < 4.78 is 0. The molecule has 0 aliphatic carbocycles. The molecular formula is C14H14O3. The van der Waals surface area contributed by atoms with Crippen molar-refractivity contribution in [2.75, 3.05) is 0 Å². The minimum absolute atomic E-state index is 0.0912. The molecule has 0 bridgehead atoms. The van der Waals surface area contributed by atoms with E-state index in [1.54, 1.807) is 30.3 Å². The van der Waals surface area contributed by atoms with E-state index in [0.29, 0.717) is 12.0 Å². The minimum Gasteiger partial charge on any atom is -0.508 e. The highest BCUT2D eigenvalue weighted by Gasteiger charge is 2.05. The Morgan fingerprint density at radius 2 is 1.53 bits per heavy atom. The molecule has 2 rings (SSSR count). The van der Waals surface area contributed by atoms with E-state index < -0.39 is 0 Å². The highest BCUT2D eigenvalue weighted by Crippen LogP contribution is 2.23. The molecule has 0 spiro atoms. The Kier molecular flexibility index (Phi) is 3.30. The molecule has 0 amide bonds. The third-order valence-corrected chi connectivity index (χ3v) is 2.70. The Hall–Kier alpha value is -2.00. The van der Waals surface area contributed by atoms with Crippen LogP contribution in [-0.4, -0.2) is 15.3 Å². The van der Waals surface area contributed by atoms with Crippen LogP contribution in [0.25, 0.3) is 0 Å². The molecule has 2 aromatic carbocycles. The van der Waals surface area contributed by atoms with Crippen LogP contribution in [0.4, 0.5) is 0 Å². The van der Waals surface area contributed by atoms with E-state index in [-0.39, 0.29) is 18.1 Å². The predicted octanol–water partition coefficient (Wildman–Crippen LogP) is 2.18. The molecule has 0 aliphatic rings. The van der Waals surface area contributed by atoms with Crippen LogP contribution in [0.3, 0.4) is 0 Å². The highest BCUT2D eigenvalue weighted by atomic mass is 16.3. The van der Waals surface area contributed by atoms with E-state index in [2.05, 4.69) is 0 Å². The van der Waals surface area contributed by atoms with E-state index in [9.17, 15) is 10.2 Å². The molecule has 3 nitrogen and oxygen atoms in total. The quantitative estimate of drug-likeness (QED) is 0.757. The maximum absolute atomic E-state index is 9.65. The Morgan fingerprint density at radius 3 is 2.24 bits per heavy atom. The van der Waals surface area contributed by atoms with Crippen LogP contribution in [-0.2, 0) is 13.0 Å². The summed E-state index contributed by atoms with van der Waals surface area (Å²) >= 11 is 0. The second kappa shape index (κ2) is 4.89. The molecule has 0 saturated heterocycles. The van der Waals surface area contributed by atoms with Gasteiger partial charge in [-0.05, 0) is 29.3 Å². The van der Waals surface area contributed by atoms with Gasteiger partial charge in [-0.25, -0.2) is 0 Å². The van der Waals surface area contributed by atoms with Gasteiger partial charge >= 0.3 is 0 Å². The minimum atomic E-state index is -0.194. The van der Waals surface area contributed by atoms with Crippen LogP contribution in [0.1, 0.15) is 16.7 Å². The predicted molar refractivity (Wildman–Crippen MR) is 64.9 cm³/mol. The number of rotatable bonds is 3. The van der Waals surface area contributed by atoms with Crippen molar-refractivity contribution in [3.63, 3.8) is 0 Å². The first kappa shape index (κ1) is 11.5. The first-order valence-electron chi connectivity index (χ1n) is 5.39. The highest BCUT2D eigenvalue weighted by molar-refractivity contribution is 5.40. The first-order chi connectivity index (χ1) is 8.20. The molecule has 0 unspecified atom stereocenters. The number of benzene rings is 2. The second-order valence-electron chi connectivity index (χ2n) is 3.93. The summed E-state index contributed by atoms with van der Waals surface area (Å²) in [5.41, 5.74) is 2.26. The largest absolute Gasteiger partial charge is 0.508 e. The van der Waals surface area contributed by atoms with E-state index >= 15 is 0 Å². The van der Waals surface area contributed by atoms with Gasteiger partial charge in [0.2, 0.25) is 0 Å². The van der Waals surface area contributed by atoms with Crippen LogP contribution < -0.4 is 0 Å². The number of aliphatic hydroxyl groups is 1. The van der Waals surface area contributed by atoms with Gasteiger partial charge in [0.25, 0.3) is 0 Å². The monoisotopic (exact) mass is 230 g/mol. The van der Waals surface area contributed by atoms with Gasteiger partial charge in [-0.2, -0.15) is 0 Å². The lowest BCUT2D eigenvalue weighted by Gasteiger charge is -2.07. The molecule has 0 aromatic heterocycles. The van der Waals surface area contributed by atoms with Gasteiger partial charge in [-0.15, -0.1) is 0 Å². The average molecular weight is 230 g/mol. The number of para-hydroxylation sites is 1. The molecule has 0 fully saturated rings. The van der Waals surface area contributed by atoms with Crippen LogP contribution in [0.15, 0.2) is 42.5 Å². The SMILES string of the molecule is OCc1cc(Cc2ccccc2O)ccc1O. The summed E-state index contributed by atoms with van der Waals surface area (Å²) in [5, 5.41) is 28.2. The number of phenolic OH excluding ortho intramolecular Hbond substituents is 1. The van der Waals surface area contributed by atoms with Crippen molar-refractivity contribution in [2.24, 2.45) is 0 Å². The van der Waals surface area contributed by atoms with Gasteiger partial charge in [-0.1, -0.05) is 24.3 Å². The van der Waals surface area contributed by atoms with Crippen molar-refractivity contribution in [1.29, 1.82) is 0 Å². The number of hydrogen-bond donors (Lipinski definition) is 3. The van der Waals surface area contributed by atoms with Gasteiger partial charge in [0, 0.05) is 12.0 Å². The van der Waals surface area contributed by atoms with Crippen LogP contribution in [0, 0.1) is 0 Å². The topological polar surface area (TPSA) is 60.7 Å². The number of aliphatic hydroxyl groups excluding tert-OH is 1. The lowest BCUT2D eigenvalue weighted by atomic mass is 10.0. The third-order valence-electron chi connectivity index (χ3n) is 2.70. The second-order valence-corrected chi connectivity index (χ2v) is 3.93. The summed E-state index contributed by atoms with van der Waals surface area (Å²) in [6.45, 7) is -0.194. The van der Waals surface area contributed by atoms with E-state index in [0.717, 1.165) is 11.1 Å². The maximum atomic E-state index is 9.65. The van der Waals surface area contributed by atoms with Crippen LogP contribution in [0.5, 0.6) is 11.5 Å². The van der Waals surface area contributed by atoms with E-state index in [4.69, 9.17) is 5.11 Å². The standard InChI is InChI=1S/C14H14O3/c15-9-12-8-10(5-6-14(12)17)7-11-3-1-2-4-13(11)16/h1-6,8,15-17H,7,9H2. The average Bonchev–Trinajstić information content (AvgIpc) is 2.34. The maximum Gasteiger partial charge on any atom is 0.121 e. The molecule has 0 aliphatic heterocycles. The Balaban J connectivity index is 2.28.